The number of allylic oxidation sites excluding steroid dienone is 1. The van der Waals surface area contributed by atoms with Gasteiger partial charge in [-0.05, 0) is 42.8 Å². The summed E-state index contributed by atoms with van der Waals surface area (Å²) >= 11 is 6.52. The normalized spacial score (nSPS) is 16.0. The first-order valence-corrected chi connectivity index (χ1v) is 11.4. The molecule has 0 radical (unpaired) electrons. The van der Waals surface area contributed by atoms with Gasteiger partial charge in [0.2, 0.25) is 11.8 Å². The maximum absolute atomic E-state index is 13.0. The largest absolute Gasteiger partial charge is 0.494 e. The number of hydrogen-bond donors (Lipinski definition) is 2. The smallest absolute Gasteiger partial charge is 0.417 e. The van der Waals surface area contributed by atoms with Crippen molar-refractivity contribution in [1.29, 1.82) is 5.26 Å². The third-order valence-corrected chi connectivity index (χ3v) is 6.20. The number of benzene rings is 2. The summed E-state index contributed by atoms with van der Waals surface area (Å²) in [5.41, 5.74) is -0.0887. The third-order valence-electron chi connectivity index (χ3n) is 4.85. The van der Waals surface area contributed by atoms with Crippen LogP contribution in [-0.2, 0) is 15.8 Å². The molecule has 0 unspecified atom stereocenters. The molecule has 2 amide bonds. The fourth-order valence-corrected chi connectivity index (χ4v) is 4.44. The van der Waals surface area contributed by atoms with Crippen LogP contribution in [0.1, 0.15) is 30.4 Å². The maximum atomic E-state index is 13.0. The average Bonchev–Trinajstić information content (AvgIpc) is 2.78. The number of halogens is 4. The topological polar surface area (TPSA) is 91.2 Å². The standard InChI is InChI=1S/C23H19ClF3N3O3S/c1-2-33-15-6-3-13(4-7-15)16-10-20(31)30-22(17(16)11-28)34-12-21(32)29-14-5-8-19(24)18(9-14)23(25,26)27/h3-9,16H,2,10,12H2,1H3,(H,29,32)(H,30,31)/t16-/m0/s1. The Kier molecular flexibility index (Phi) is 8.12. The van der Waals surface area contributed by atoms with Gasteiger partial charge in [-0.25, -0.2) is 0 Å². The van der Waals surface area contributed by atoms with Crippen molar-refractivity contribution in [3.63, 3.8) is 0 Å². The van der Waals surface area contributed by atoms with E-state index in [-0.39, 0.29) is 28.8 Å². The second kappa shape index (κ2) is 10.8. The lowest BCUT2D eigenvalue weighted by Crippen LogP contribution is -2.31. The van der Waals surface area contributed by atoms with E-state index in [1.165, 1.54) is 6.07 Å². The predicted molar refractivity (Wildman–Crippen MR) is 123 cm³/mol. The SMILES string of the molecule is CCOc1ccc([C@@H]2CC(=O)NC(SCC(=O)Nc3ccc(Cl)c(C(F)(F)F)c3)=C2C#N)cc1. The lowest BCUT2D eigenvalue weighted by molar-refractivity contribution is -0.137. The zero-order chi connectivity index (χ0) is 24.9. The van der Waals surface area contributed by atoms with Gasteiger partial charge in [-0.3, -0.25) is 9.59 Å². The number of nitrogens with zero attached hydrogens (tertiary/aromatic N) is 1. The molecule has 0 fully saturated rings. The molecule has 0 spiro atoms. The van der Waals surface area contributed by atoms with Crippen LogP contribution in [0.3, 0.4) is 0 Å². The summed E-state index contributed by atoms with van der Waals surface area (Å²) in [6.45, 7) is 2.36. The van der Waals surface area contributed by atoms with E-state index in [0.717, 1.165) is 29.5 Å². The van der Waals surface area contributed by atoms with Gasteiger partial charge in [0.1, 0.15) is 5.75 Å². The minimum atomic E-state index is -4.67. The molecule has 6 nitrogen and oxygen atoms in total. The summed E-state index contributed by atoms with van der Waals surface area (Å²) < 4.78 is 44.5. The van der Waals surface area contributed by atoms with Gasteiger partial charge in [0.05, 0.1) is 39.6 Å². The predicted octanol–water partition coefficient (Wildman–Crippen LogP) is 5.47. The molecule has 1 aliphatic heterocycles. The molecule has 0 saturated carbocycles. The second-order valence-electron chi connectivity index (χ2n) is 7.19. The van der Waals surface area contributed by atoms with E-state index in [4.69, 9.17) is 16.3 Å². The first-order chi connectivity index (χ1) is 16.1. The van der Waals surface area contributed by atoms with E-state index in [0.29, 0.717) is 17.9 Å². The van der Waals surface area contributed by atoms with Crippen LogP contribution in [0.2, 0.25) is 5.02 Å². The molecule has 178 valence electrons. The molecule has 2 aromatic carbocycles. The van der Waals surface area contributed by atoms with Crippen molar-refractivity contribution < 1.29 is 27.5 Å². The number of carbonyl (C=O) groups is 2. The number of thioether (sulfide) groups is 1. The van der Waals surface area contributed by atoms with Crippen molar-refractivity contribution in [2.75, 3.05) is 17.7 Å². The Morgan fingerprint density at radius 2 is 2.00 bits per heavy atom. The fourth-order valence-electron chi connectivity index (χ4n) is 3.34. The minimum absolute atomic E-state index is 0.0676. The van der Waals surface area contributed by atoms with Crippen LogP contribution in [-0.4, -0.2) is 24.2 Å². The van der Waals surface area contributed by atoms with E-state index in [2.05, 4.69) is 16.7 Å². The number of amides is 2. The van der Waals surface area contributed by atoms with Crippen molar-refractivity contribution in [1.82, 2.24) is 5.32 Å². The van der Waals surface area contributed by atoms with Gasteiger partial charge in [0, 0.05) is 18.0 Å². The molecule has 2 aromatic rings. The lowest BCUT2D eigenvalue weighted by atomic mass is 9.87. The van der Waals surface area contributed by atoms with Gasteiger partial charge in [-0.1, -0.05) is 35.5 Å². The van der Waals surface area contributed by atoms with Crippen molar-refractivity contribution in [2.24, 2.45) is 0 Å². The molecule has 0 aliphatic carbocycles. The number of anilines is 1. The van der Waals surface area contributed by atoms with Crippen LogP contribution >= 0.6 is 23.4 Å². The third kappa shape index (κ3) is 6.24. The fraction of sp³-hybridized carbons (Fsp3) is 0.261. The molecule has 1 aliphatic rings. The number of hydrogen-bond acceptors (Lipinski definition) is 5. The zero-order valence-electron chi connectivity index (χ0n) is 17.8. The van der Waals surface area contributed by atoms with Gasteiger partial charge in [-0.2, -0.15) is 18.4 Å². The summed E-state index contributed by atoms with van der Waals surface area (Å²) in [7, 11) is 0. The number of nitriles is 1. The Bertz CT molecular complexity index is 1160. The number of nitrogens with one attached hydrogen (secondary N) is 2. The second-order valence-corrected chi connectivity index (χ2v) is 8.58. The summed E-state index contributed by atoms with van der Waals surface area (Å²) in [6.07, 6.45) is -4.60. The van der Waals surface area contributed by atoms with Crippen LogP contribution < -0.4 is 15.4 Å². The Balaban J connectivity index is 1.74. The quantitative estimate of drug-likeness (QED) is 0.516. The highest BCUT2D eigenvalue weighted by Crippen LogP contribution is 2.37. The number of carbonyl (C=O) groups excluding carboxylic acids is 2. The van der Waals surface area contributed by atoms with E-state index < -0.39 is 28.6 Å². The number of ether oxygens (including phenoxy) is 1. The molecule has 0 saturated heterocycles. The highest BCUT2D eigenvalue weighted by atomic mass is 35.5. The van der Waals surface area contributed by atoms with Crippen LogP contribution in [0.15, 0.2) is 53.1 Å². The van der Waals surface area contributed by atoms with Crippen molar-refractivity contribution >= 4 is 40.9 Å². The molecule has 0 bridgehead atoms. The van der Waals surface area contributed by atoms with Crippen LogP contribution in [0.4, 0.5) is 18.9 Å². The molecule has 2 N–H and O–H groups in total. The van der Waals surface area contributed by atoms with Crippen molar-refractivity contribution in [3.8, 4) is 11.8 Å². The molecule has 1 atom stereocenters. The van der Waals surface area contributed by atoms with E-state index in [1.54, 1.807) is 24.3 Å². The highest BCUT2D eigenvalue weighted by molar-refractivity contribution is 8.03. The minimum Gasteiger partial charge on any atom is -0.494 e. The van der Waals surface area contributed by atoms with Crippen LogP contribution in [0, 0.1) is 11.3 Å². The molecule has 1 heterocycles. The van der Waals surface area contributed by atoms with Gasteiger partial charge in [-0.15, -0.1) is 0 Å². The summed E-state index contributed by atoms with van der Waals surface area (Å²) in [5.74, 6) is -0.987. The number of rotatable bonds is 7. The Hall–Kier alpha value is -3.16. The van der Waals surface area contributed by atoms with E-state index >= 15 is 0 Å². The van der Waals surface area contributed by atoms with E-state index in [1.807, 2.05) is 6.92 Å². The Labute approximate surface area is 203 Å². The van der Waals surface area contributed by atoms with Gasteiger partial charge in [0.25, 0.3) is 0 Å². The lowest BCUT2D eigenvalue weighted by Gasteiger charge is -2.25. The number of alkyl halides is 3. The molecule has 34 heavy (non-hydrogen) atoms. The highest BCUT2D eigenvalue weighted by Gasteiger charge is 2.33. The molecule has 11 heteroatoms. The zero-order valence-corrected chi connectivity index (χ0v) is 19.4. The first-order valence-electron chi connectivity index (χ1n) is 10.1. The summed E-state index contributed by atoms with van der Waals surface area (Å²) in [6, 6.07) is 12.2. The van der Waals surface area contributed by atoms with Crippen LogP contribution in [0.25, 0.3) is 0 Å². The average molecular weight is 510 g/mol. The van der Waals surface area contributed by atoms with Gasteiger partial charge >= 0.3 is 6.18 Å². The van der Waals surface area contributed by atoms with Crippen molar-refractivity contribution in [3.05, 3.63) is 69.2 Å². The molecular formula is C23H19ClF3N3O3S. The summed E-state index contributed by atoms with van der Waals surface area (Å²) in [5, 5.41) is 14.5. The Morgan fingerprint density at radius 1 is 1.29 bits per heavy atom. The van der Waals surface area contributed by atoms with Crippen LogP contribution in [0.5, 0.6) is 5.75 Å². The molecular weight excluding hydrogens is 491 g/mol. The van der Waals surface area contributed by atoms with Crippen molar-refractivity contribution in [2.45, 2.75) is 25.4 Å². The van der Waals surface area contributed by atoms with E-state index in [9.17, 15) is 28.0 Å². The van der Waals surface area contributed by atoms with Gasteiger partial charge < -0.3 is 15.4 Å². The summed E-state index contributed by atoms with van der Waals surface area (Å²) in [4.78, 5) is 24.6. The monoisotopic (exact) mass is 509 g/mol. The first kappa shape index (κ1) is 25.5. The maximum Gasteiger partial charge on any atom is 0.417 e. The molecule has 0 aromatic heterocycles. The Morgan fingerprint density at radius 3 is 2.62 bits per heavy atom. The van der Waals surface area contributed by atoms with Gasteiger partial charge in [0.15, 0.2) is 0 Å². The molecule has 3 rings (SSSR count).